The molecule has 0 radical (unpaired) electrons. The summed E-state index contributed by atoms with van der Waals surface area (Å²) in [6.45, 7) is 0.911. The Morgan fingerprint density at radius 1 is 1.23 bits per heavy atom. The van der Waals surface area contributed by atoms with Gasteiger partial charge >= 0.3 is 0 Å². The van der Waals surface area contributed by atoms with Crippen LogP contribution in [0.4, 0.5) is 4.39 Å². The summed E-state index contributed by atoms with van der Waals surface area (Å²) in [5, 5.41) is 6.21. The zero-order valence-corrected chi connectivity index (χ0v) is 15.9. The maximum Gasteiger partial charge on any atom is 0.191 e. The summed E-state index contributed by atoms with van der Waals surface area (Å²) >= 11 is 3.33. The summed E-state index contributed by atoms with van der Waals surface area (Å²) in [5.41, 5.74) is 1.49. The molecule has 1 heterocycles. The molecule has 0 aliphatic carbocycles. The Morgan fingerprint density at radius 3 is 2.68 bits per heavy atom. The Morgan fingerprint density at radius 2 is 2.00 bits per heavy atom. The number of hydrogen-bond acceptors (Lipinski definition) is 2. The minimum Gasteiger partial charge on any atom is -0.352 e. The van der Waals surface area contributed by atoms with E-state index < -0.39 is 0 Å². The van der Waals surface area contributed by atoms with Gasteiger partial charge in [0.05, 0.1) is 12.2 Å². The number of hydrogen-bond donors (Lipinski definition) is 2. The smallest absolute Gasteiger partial charge is 0.191 e. The molecular weight excluding hydrogens is 462 g/mol. The fourth-order valence-electron chi connectivity index (χ4n) is 1.76. The molecule has 4 nitrogen and oxygen atoms in total. The topological polar surface area (TPSA) is 49.3 Å². The molecule has 7 heteroatoms. The van der Waals surface area contributed by atoms with E-state index in [4.69, 9.17) is 0 Å². The van der Waals surface area contributed by atoms with E-state index in [1.54, 1.807) is 25.4 Å². The molecule has 0 saturated heterocycles. The second-order valence-corrected chi connectivity index (χ2v) is 5.25. The number of guanidine groups is 1. The van der Waals surface area contributed by atoms with Crippen LogP contribution in [0, 0.1) is 5.82 Å². The van der Waals surface area contributed by atoms with Crippen molar-refractivity contribution in [2.24, 2.45) is 4.99 Å². The van der Waals surface area contributed by atoms with Gasteiger partial charge in [0.1, 0.15) is 5.82 Å². The summed E-state index contributed by atoms with van der Waals surface area (Å²) in [6, 6.07) is 10.6. The lowest BCUT2D eigenvalue weighted by molar-refractivity contribution is 0.604. The van der Waals surface area contributed by atoms with Crippen LogP contribution in [-0.2, 0) is 13.1 Å². The maximum atomic E-state index is 13.6. The van der Waals surface area contributed by atoms with Gasteiger partial charge in [-0.15, -0.1) is 24.0 Å². The highest BCUT2D eigenvalue weighted by Crippen LogP contribution is 2.15. The van der Waals surface area contributed by atoms with Crippen LogP contribution >= 0.6 is 39.9 Å². The highest BCUT2D eigenvalue weighted by atomic mass is 127. The van der Waals surface area contributed by atoms with Gasteiger partial charge in [-0.2, -0.15) is 0 Å². The van der Waals surface area contributed by atoms with Gasteiger partial charge in [0.25, 0.3) is 0 Å². The molecule has 118 valence electrons. The average Bonchev–Trinajstić information content (AvgIpc) is 2.51. The number of nitrogens with one attached hydrogen (secondary N) is 2. The Balaban J connectivity index is 0.00000242. The van der Waals surface area contributed by atoms with Crippen LogP contribution in [0.5, 0.6) is 0 Å². The summed E-state index contributed by atoms with van der Waals surface area (Å²) in [7, 11) is 1.67. The van der Waals surface area contributed by atoms with Crippen LogP contribution in [-0.4, -0.2) is 18.0 Å². The molecule has 2 rings (SSSR count). The van der Waals surface area contributed by atoms with Crippen LogP contribution < -0.4 is 10.6 Å². The van der Waals surface area contributed by atoms with E-state index >= 15 is 0 Å². The van der Waals surface area contributed by atoms with Crippen LogP contribution in [0.1, 0.15) is 11.3 Å². The van der Waals surface area contributed by atoms with Crippen molar-refractivity contribution >= 4 is 45.9 Å². The Labute approximate surface area is 154 Å². The average molecular weight is 479 g/mol. The number of benzene rings is 1. The van der Waals surface area contributed by atoms with Gasteiger partial charge in [-0.05, 0) is 30.3 Å². The Hall–Kier alpha value is -1.22. The molecule has 0 unspecified atom stereocenters. The van der Waals surface area contributed by atoms with Gasteiger partial charge in [0.15, 0.2) is 5.96 Å². The predicted molar refractivity (Wildman–Crippen MR) is 101 cm³/mol. The van der Waals surface area contributed by atoms with Gasteiger partial charge in [0, 0.05) is 29.8 Å². The Kier molecular flexibility index (Phi) is 8.32. The van der Waals surface area contributed by atoms with Gasteiger partial charge < -0.3 is 10.6 Å². The molecule has 2 aromatic rings. The molecule has 2 N–H and O–H groups in total. The van der Waals surface area contributed by atoms with Crippen molar-refractivity contribution in [1.29, 1.82) is 0 Å². The monoisotopic (exact) mass is 478 g/mol. The van der Waals surface area contributed by atoms with E-state index in [0.717, 1.165) is 10.2 Å². The van der Waals surface area contributed by atoms with Crippen molar-refractivity contribution in [1.82, 2.24) is 15.6 Å². The summed E-state index contributed by atoms with van der Waals surface area (Å²) in [6.07, 6.45) is 1.74. The first-order valence-electron chi connectivity index (χ1n) is 6.47. The second kappa shape index (κ2) is 9.73. The highest BCUT2D eigenvalue weighted by molar-refractivity contribution is 14.0. The highest BCUT2D eigenvalue weighted by Gasteiger charge is 2.04. The lowest BCUT2D eigenvalue weighted by Gasteiger charge is -2.12. The molecule has 0 bridgehead atoms. The first-order valence-corrected chi connectivity index (χ1v) is 7.26. The molecule has 0 spiro atoms. The van der Waals surface area contributed by atoms with Crippen molar-refractivity contribution in [2.45, 2.75) is 13.1 Å². The third-order valence-corrected chi connectivity index (χ3v) is 3.33. The quantitative estimate of drug-likeness (QED) is 0.402. The number of pyridine rings is 1. The Bertz CT molecular complexity index is 622. The third-order valence-electron chi connectivity index (χ3n) is 2.84. The number of halogens is 3. The van der Waals surface area contributed by atoms with Crippen LogP contribution in [0.15, 0.2) is 52.1 Å². The molecule has 0 saturated carbocycles. The van der Waals surface area contributed by atoms with Crippen molar-refractivity contribution in [3.05, 3.63) is 64.1 Å². The van der Waals surface area contributed by atoms with Crippen molar-refractivity contribution in [2.75, 3.05) is 7.05 Å². The lowest BCUT2D eigenvalue weighted by atomic mass is 10.2. The molecule has 0 aliphatic heterocycles. The zero-order chi connectivity index (χ0) is 15.1. The summed E-state index contributed by atoms with van der Waals surface area (Å²) < 4.78 is 14.5. The summed E-state index contributed by atoms with van der Waals surface area (Å²) in [5.74, 6) is 0.353. The molecule has 1 aromatic heterocycles. The van der Waals surface area contributed by atoms with Gasteiger partial charge in [-0.1, -0.05) is 22.0 Å². The summed E-state index contributed by atoms with van der Waals surface area (Å²) in [4.78, 5) is 8.32. The fraction of sp³-hybridized carbons (Fsp3) is 0.200. The zero-order valence-electron chi connectivity index (χ0n) is 12.0. The molecule has 0 aliphatic rings. The molecule has 1 aromatic carbocycles. The molecular formula is C15H17BrFIN4. The maximum absolute atomic E-state index is 13.6. The lowest BCUT2D eigenvalue weighted by Crippen LogP contribution is -2.36. The molecule has 0 atom stereocenters. The largest absolute Gasteiger partial charge is 0.352 e. The van der Waals surface area contributed by atoms with Crippen molar-refractivity contribution < 1.29 is 4.39 Å². The molecule has 0 fully saturated rings. The van der Waals surface area contributed by atoms with E-state index in [-0.39, 0.29) is 29.8 Å². The van der Waals surface area contributed by atoms with E-state index in [9.17, 15) is 4.39 Å². The first kappa shape index (κ1) is 18.8. The SMILES string of the molecule is CN=C(NCc1ccccn1)NCc1cc(Br)ccc1F.I. The molecule has 0 amide bonds. The fourth-order valence-corrected chi connectivity index (χ4v) is 2.16. The predicted octanol–water partition coefficient (Wildman–Crippen LogP) is 3.47. The van der Waals surface area contributed by atoms with E-state index in [1.807, 2.05) is 18.2 Å². The van der Waals surface area contributed by atoms with E-state index in [0.29, 0.717) is 24.6 Å². The number of aliphatic imine (C=N–C) groups is 1. The van der Waals surface area contributed by atoms with Gasteiger partial charge in [0.2, 0.25) is 0 Å². The number of aromatic nitrogens is 1. The van der Waals surface area contributed by atoms with Crippen molar-refractivity contribution in [3.8, 4) is 0 Å². The normalized spacial score (nSPS) is 10.8. The molecule has 22 heavy (non-hydrogen) atoms. The first-order chi connectivity index (χ1) is 10.2. The van der Waals surface area contributed by atoms with Crippen LogP contribution in [0.25, 0.3) is 0 Å². The third kappa shape index (κ3) is 5.88. The van der Waals surface area contributed by atoms with E-state index in [2.05, 4.69) is 36.5 Å². The van der Waals surface area contributed by atoms with Gasteiger partial charge in [-0.25, -0.2) is 4.39 Å². The minimum atomic E-state index is -0.245. The van der Waals surface area contributed by atoms with Crippen LogP contribution in [0.3, 0.4) is 0 Å². The standard InChI is InChI=1S/C15H16BrFN4.HI/c1-18-15(21-10-13-4-2-3-7-19-13)20-9-11-8-12(16)5-6-14(11)17;/h2-8H,9-10H2,1H3,(H2,18,20,21);1H. The van der Waals surface area contributed by atoms with E-state index in [1.165, 1.54) is 6.07 Å². The van der Waals surface area contributed by atoms with Crippen molar-refractivity contribution in [3.63, 3.8) is 0 Å². The van der Waals surface area contributed by atoms with Gasteiger partial charge in [-0.3, -0.25) is 9.98 Å². The van der Waals surface area contributed by atoms with Crippen LogP contribution in [0.2, 0.25) is 0 Å². The number of rotatable bonds is 4. The second-order valence-electron chi connectivity index (χ2n) is 4.34. The number of nitrogens with zero attached hydrogens (tertiary/aromatic N) is 2. The minimum absolute atomic E-state index is 0.